The molecule has 1 aromatic carbocycles. The molecule has 0 aliphatic carbocycles. The number of rotatable bonds is 4. The molecule has 2 rings (SSSR count). The summed E-state index contributed by atoms with van der Waals surface area (Å²) in [5.41, 5.74) is 8.43. The van der Waals surface area contributed by atoms with Gasteiger partial charge >= 0.3 is 0 Å². The van der Waals surface area contributed by atoms with E-state index < -0.39 is 0 Å². The quantitative estimate of drug-likeness (QED) is 0.792. The first kappa shape index (κ1) is 11.3. The minimum atomic E-state index is 0.480. The minimum absolute atomic E-state index is 0.480. The second-order valence-corrected chi connectivity index (χ2v) is 3.98. The van der Waals surface area contributed by atoms with Crippen molar-refractivity contribution in [3.05, 3.63) is 42.5 Å². The van der Waals surface area contributed by atoms with Gasteiger partial charge in [-0.1, -0.05) is 18.7 Å². The minimum Gasteiger partial charge on any atom is -0.489 e. The number of benzene rings is 1. The summed E-state index contributed by atoms with van der Waals surface area (Å²) < 4.78 is 5.57. The molecule has 0 bridgehead atoms. The zero-order chi connectivity index (χ0) is 12.3. The van der Waals surface area contributed by atoms with Gasteiger partial charge in [0, 0.05) is 11.6 Å². The van der Waals surface area contributed by atoms with Crippen LogP contribution in [0.1, 0.15) is 6.92 Å². The molecule has 1 aromatic heterocycles. The monoisotopic (exact) mass is 229 g/mol. The number of aromatic nitrogens is 2. The molecule has 0 spiro atoms. The molecule has 0 unspecified atom stereocenters. The first-order valence-corrected chi connectivity index (χ1v) is 5.33. The maximum Gasteiger partial charge on any atom is 0.145 e. The standard InChI is InChI=1S/C13H15N3O/c1-9(2)8-17-11-5-3-4-10(6-11)12-7-13(14)16-15-12/h3-7H,1,8H2,2H3,(H3,14,15,16). The van der Waals surface area contributed by atoms with Gasteiger partial charge in [0.15, 0.2) is 0 Å². The number of H-pyrrole nitrogens is 1. The third kappa shape index (κ3) is 2.87. The van der Waals surface area contributed by atoms with Crippen molar-refractivity contribution in [1.82, 2.24) is 10.2 Å². The molecule has 17 heavy (non-hydrogen) atoms. The van der Waals surface area contributed by atoms with Crippen molar-refractivity contribution in [1.29, 1.82) is 0 Å². The van der Waals surface area contributed by atoms with E-state index >= 15 is 0 Å². The highest BCUT2D eigenvalue weighted by Gasteiger charge is 2.03. The van der Waals surface area contributed by atoms with E-state index in [1.54, 1.807) is 6.07 Å². The Kier molecular flexibility index (Phi) is 3.14. The summed E-state index contributed by atoms with van der Waals surface area (Å²) in [6, 6.07) is 9.54. The number of anilines is 1. The maximum atomic E-state index is 5.57. The van der Waals surface area contributed by atoms with Crippen LogP contribution in [-0.4, -0.2) is 16.8 Å². The van der Waals surface area contributed by atoms with Crippen LogP contribution in [0.4, 0.5) is 5.82 Å². The molecule has 0 amide bonds. The van der Waals surface area contributed by atoms with Gasteiger partial charge in [-0.05, 0) is 24.6 Å². The summed E-state index contributed by atoms with van der Waals surface area (Å²) in [6.45, 7) is 6.25. The summed E-state index contributed by atoms with van der Waals surface area (Å²) in [5, 5.41) is 6.76. The van der Waals surface area contributed by atoms with Gasteiger partial charge in [-0.15, -0.1) is 0 Å². The predicted molar refractivity (Wildman–Crippen MR) is 68.7 cm³/mol. The molecule has 0 fully saturated rings. The molecule has 0 atom stereocenters. The summed E-state index contributed by atoms with van der Waals surface area (Å²) in [7, 11) is 0. The fourth-order valence-corrected chi connectivity index (χ4v) is 1.45. The van der Waals surface area contributed by atoms with E-state index in [4.69, 9.17) is 10.5 Å². The van der Waals surface area contributed by atoms with E-state index in [9.17, 15) is 0 Å². The van der Waals surface area contributed by atoms with Crippen LogP contribution in [0.5, 0.6) is 5.75 Å². The molecule has 1 heterocycles. The molecule has 0 aliphatic rings. The summed E-state index contributed by atoms with van der Waals surface area (Å²) in [5.74, 6) is 1.28. The molecular formula is C13H15N3O. The van der Waals surface area contributed by atoms with E-state index in [0.29, 0.717) is 12.4 Å². The first-order valence-electron chi connectivity index (χ1n) is 5.33. The molecular weight excluding hydrogens is 214 g/mol. The topological polar surface area (TPSA) is 63.9 Å². The molecule has 0 radical (unpaired) electrons. The molecule has 0 saturated heterocycles. The predicted octanol–water partition coefficient (Wildman–Crippen LogP) is 2.61. The highest BCUT2D eigenvalue weighted by molar-refractivity contribution is 5.63. The Balaban J connectivity index is 2.19. The van der Waals surface area contributed by atoms with Gasteiger partial charge in [0.2, 0.25) is 0 Å². The molecule has 88 valence electrons. The molecule has 2 aromatic rings. The summed E-state index contributed by atoms with van der Waals surface area (Å²) in [6.07, 6.45) is 0. The van der Waals surface area contributed by atoms with Crippen LogP contribution in [0.3, 0.4) is 0 Å². The Morgan fingerprint density at radius 1 is 1.47 bits per heavy atom. The number of ether oxygens (including phenoxy) is 1. The normalized spacial score (nSPS) is 10.2. The summed E-state index contributed by atoms with van der Waals surface area (Å²) >= 11 is 0. The van der Waals surface area contributed by atoms with Crippen molar-refractivity contribution >= 4 is 5.82 Å². The number of nitrogens with one attached hydrogen (secondary N) is 1. The van der Waals surface area contributed by atoms with E-state index in [1.807, 2.05) is 31.2 Å². The molecule has 4 heteroatoms. The van der Waals surface area contributed by atoms with Crippen LogP contribution in [0.25, 0.3) is 11.3 Å². The van der Waals surface area contributed by atoms with Crippen LogP contribution in [0, 0.1) is 0 Å². The maximum absolute atomic E-state index is 5.57. The van der Waals surface area contributed by atoms with Gasteiger partial charge in [-0.2, -0.15) is 5.10 Å². The van der Waals surface area contributed by atoms with Crippen LogP contribution < -0.4 is 10.5 Å². The van der Waals surface area contributed by atoms with Crippen molar-refractivity contribution in [3.63, 3.8) is 0 Å². The number of nitrogens with zero attached hydrogens (tertiary/aromatic N) is 1. The van der Waals surface area contributed by atoms with E-state index in [1.165, 1.54) is 0 Å². The van der Waals surface area contributed by atoms with Crippen LogP contribution in [-0.2, 0) is 0 Å². The van der Waals surface area contributed by atoms with Gasteiger partial charge in [0.05, 0.1) is 5.69 Å². The Bertz CT molecular complexity index is 531. The lowest BCUT2D eigenvalue weighted by Gasteiger charge is -2.06. The second-order valence-electron chi connectivity index (χ2n) is 3.98. The highest BCUT2D eigenvalue weighted by Crippen LogP contribution is 2.23. The molecule has 0 saturated carbocycles. The van der Waals surface area contributed by atoms with E-state index in [2.05, 4.69) is 16.8 Å². The van der Waals surface area contributed by atoms with Crippen molar-refractivity contribution in [2.75, 3.05) is 12.3 Å². The van der Waals surface area contributed by atoms with Crippen molar-refractivity contribution in [3.8, 4) is 17.0 Å². The number of nitrogen functional groups attached to an aromatic ring is 1. The zero-order valence-corrected chi connectivity index (χ0v) is 9.73. The van der Waals surface area contributed by atoms with E-state index in [0.717, 1.165) is 22.6 Å². The van der Waals surface area contributed by atoms with Crippen LogP contribution in [0.15, 0.2) is 42.5 Å². The second kappa shape index (κ2) is 4.74. The zero-order valence-electron chi connectivity index (χ0n) is 9.73. The van der Waals surface area contributed by atoms with E-state index in [-0.39, 0.29) is 0 Å². The lowest BCUT2D eigenvalue weighted by atomic mass is 10.1. The van der Waals surface area contributed by atoms with Crippen molar-refractivity contribution in [2.45, 2.75) is 6.92 Å². The van der Waals surface area contributed by atoms with Crippen LogP contribution in [0.2, 0.25) is 0 Å². The molecule has 0 aliphatic heterocycles. The first-order chi connectivity index (χ1) is 8.15. The molecule has 3 N–H and O–H groups in total. The Labute approximate surface area is 100 Å². The fourth-order valence-electron chi connectivity index (χ4n) is 1.45. The van der Waals surface area contributed by atoms with Gasteiger partial charge < -0.3 is 10.5 Å². The third-order valence-corrected chi connectivity index (χ3v) is 2.23. The molecule has 4 nitrogen and oxygen atoms in total. The van der Waals surface area contributed by atoms with Crippen molar-refractivity contribution < 1.29 is 4.74 Å². The Morgan fingerprint density at radius 3 is 2.94 bits per heavy atom. The van der Waals surface area contributed by atoms with Gasteiger partial charge in [-0.25, -0.2) is 0 Å². The van der Waals surface area contributed by atoms with Crippen LogP contribution >= 0.6 is 0 Å². The average Bonchev–Trinajstić information content (AvgIpc) is 2.74. The Morgan fingerprint density at radius 2 is 2.29 bits per heavy atom. The Hall–Kier alpha value is -2.23. The average molecular weight is 229 g/mol. The van der Waals surface area contributed by atoms with Gasteiger partial charge in [0.25, 0.3) is 0 Å². The number of nitrogens with two attached hydrogens (primary N) is 1. The van der Waals surface area contributed by atoms with Crippen molar-refractivity contribution in [2.24, 2.45) is 0 Å². The van der Waals surface area contributed by atoms with Gasteiger partial charge in [0.1, 0.15) is 18.2 Å². The smallest absolute Gasteiger partial charge is 0.145 e. The third-order valence-electron chi connectivity index (χ3n) is 2.23. The SMILES string of the molecule is C=C(C)COc1cccc(-c2cc(N)n[nH]2)c1. The summed E-state index contributed by atoms with van der Waals surface area (Å²) in [4.78, 5) is 0. The lowest BCUT2D eigenvalue weighted by molar-refractivity contribution is 0.353. The van der Waals surface area contributed by atoms with Gasteiger partial charge in [-0.3, -0.25) is 5.10 Å². The number of hydrogen-bond acceptors (Lipinski definition) is 3. The highest BCUT2D eigenvalue weighted by atomic mass is 16.5. The number of hydrogen-bond donors (Lipinski definition) is 2. The lowest BCUT2D eigenvalue weighted by Crippen LogP contribution is -1.97. The number of aromatic amines is 1. The fraction of sp³-hybridized carbons (Fsp3) is 0.154. The largest absolute Gasteiger partial charge is 0.489 e.